The van der Waals surface area contributed by atoms with Gasteiger partial charge in [0.1, 0.15) is 17.7 Å². The summed E-state index contributed by atoms with van der Waals surface area (Å²) in [5.74, 6) is -2.12. The third kappa shape index (κ3) is 4.46. The molecule has 4 amide bonds. The van der Waals surface area contributed by atoms with Gasteiger partial charge in [-0.2, -0.15) is 0 Å². The summed E-state index contributed by atoms with van der Waals surface area (Å²) in [5.41, 5.74) is 0.475. The molecular formula is C22H17F2N3O3S. The van der Waals surface area contributed by atoms with Crippen molar-refractivity contribution in [3.63, 3.8) is 0 Å². The Morgan fingerprint density at radius 3 is 2.45 bits per heavy atom. The van der Waals surface area contributed by atoms with E-state index in [2.05, 4.69) is 5.32 Å². The van der Waals surface area contributed by atoms with Crippen molar-refractivity contribution in [2.45, 2.75) is 19.0 Å². The fourth-order valence-corrected chi connectivity index (χ4v) is 4.07. The molecule has 1 aromatic heterocycles. The molecule has 9 heteroatoms. The van der Waals surface area contributed by atoms with Gasteiger partial charge in [0, 0.05) is 10.6 Å². The van der Waals surface area contributed by atoms with Crippen LogP contribution in [0.4, 0.5) is 25.0 Å². The van der Waals surface area contributed by atoms with E-state index in [9.17, 15) is 23.2 Å². The number of nitrogens with one attached hydrogen (secondary N) is 1. The van der Waals surface area contributed by atoms with Gasteiger partial charge in [-0.05, 0) is 53.9 Å². The van der Waals surface area contributed by atoms with Gasteiger partial charge < -0.3 is 10.2 Å². The Balaban J connectivity index is 1.59. The van der Waals surface area contributed by atoms with Crippen LogP contribution in [0.5, 0.6) is 0 Å². The second kappa shape index (κ2) is 8.65. The van der Waals surface area contributed by atoms with Crippen LogP contribution >= 0.6 is 11.3 Å². The van der Waals surface area contributed by atoms with Gasteiger partial charge in [0.25, 0.3) is 5.91 Å². The first kappa shape index (κ1) is 20.7. The number of carbonyl (C=O) groups excluding carboxylic acids is 3. The molecule has 0 spiro atoms. The second-order valence-corrected chi connectivity index (χ2v) is 7.95. The highest BCUT2D eigenvalue weighted by Gasteiger charge is 2.46. The summed E-state index contributed by atoms with van der Waals surface area (Å²) in [6.07, 6.45) is -0.301. The number of urea groups is 1. The molecule has 31 heavy (non-hydrogen) atoms. The summed E-state index contributed by atoms with van der Waals surface area (Å²) in [5, 5.41) is 4.40. The molecule has 4 rings (SSSR count). The number of benzene rings is 2. The summed E-state index contributed by atoms with van der Waals surface area (Å²) >= 11 is 1.42. The van der Waals surface area contributed by atoms with Crippen molar-refractivity contribution in [2.24, 2.45) is 0 Å². The maximum Gasteiger partial charge on any atom is 0.332 e. The number of carbonyl (C=O) groups is 3. The third-order valence-electron chi connectivity index (χ3n) is 4.80. The van der Waals surface area contributed by atoms with Crippen molar-refractivity contribution < 1.29 is 23.2 Å². The van der Waals surface area contributed by atoms with Gasteiger partial charge in [0.05, 0.1) is 18.7 Å². The van der Waals surface area contributed by atoms with Crippen molar-refractivity contribution in [3.8, 4) is 0 Å². The number of rotatable bonds is 6. The first-order valence-corrected chi connectivity index (χ1v) is 10.3. The van der Waals surface area contributed by atoms with E-state index in [0.29, 0.717) is 0 Å². The van der Waals surface area contributed by atoms with Gasteiger partial charge >= 0.3 is 6.03 Å². The molecule has 1 N–H and O–H groups in total. The molecule has 0 aliphatic carbocycles. The first-order valence-electron chi connectivity index (χ1n) is 9.40. The first-order chi connectivity index (χ1) is 14.9. The molecule has 1 aliphatic heterocycles. The van der Waals surface area contributed by atoms with E-state index in [0.717, 1.165) is 28.0 Å². The number of anilines is 2. The molecule has 1 unspecified atom stereocenters. The Morgan fingerprint density at radius 2 is 1.77 bits per heavy atom. The van der Waals surface area contributed by atoms with Gasteiger partial charge in [-0.3, -0.25) is 9.59 Å². The highest BCUT2D eigenvalue weighted by Crippen LogP contribution is 2.29. The molecule has 0 saturated carbocycles. The van der Waals surface area contributed by atoms with Crippen LogP contribution in [-0.4, -0.2) is 28.8 Å². The van der Waals surface area contributed by atoms with Crippen LogP contribution in [0.1, 0.15) is 11.3 Å². The molecule has 2 aromatic carbocycles. The lowest BCUT2D eigenvalue weighted by atomic mass is 10.1. The van der Waals surface area contributed by atoms with Crippen molar-refractivity contribution >= 4 is 40.6 Å². The number of nitrogens with zero attached hydrogens (tertiary/aromatic N) is 2. The molecule has 1 saturated heterocycles. The number of halogens is 2. The SMILES string of the molecule is O=C(CC1C(=O)N(c2ccc(F)cc2)C(=O)N1Cc1cccs1)Nc1cccc(F)c1. The molecule has 2 heterocycles. The number of imide groups is 1. The Bertz CT molecular complexity index is 1120. The average molecular weight is 441 g/mol. The number of thiophene rings is 1. The van der Waals surface area contributed by atoms with Crippen molar-refractivity contribution in [1.29, 1.82) is 0 Å². The van der Waals surface area contributed by atoms with Crippen molar-refractivity contribution in [3.05, 3.63) is 82.6 Å². The Kier molecular flexibility index (Phi) is 5.77. The lowest BCUT2D eigenvalue weighted by molar-refractivity contribution is -0.124. The zero-order valence-electron chi connectivity index (χ0n) is 16.1. The minimum Gasteiger partial charge on any atom is -0.326 e. The Hall–Kier alpha value is -3.59. The molecule has 3 aromatic rings. The largest absolute Gasteiger partial charge is 0.332 e. The summed E-state index contributed by atoms with van der Waals surface area (Å²) in [4.78, 5) is 41.9. The summed E-state index contributed by atoms with van der Waals surface area (Å²) in [6.45, 7) is 0.151. The number of amides is 4. The lowest BCUT2D eigenvalue weighted by Crippen LogP contribution is -2.37. The molecule has 1 aliphatic rings. The molecule has 6 nitrogen and oxygen atoms in total. The maximum atomic E-state index is 13.4. The lowest BCUT2D eigenvalue weighted by Gasteiger charge is -2.21. The number of hydrogen-bond acceptors (Lipinski definition) is 4. The minimum atomic E-state index is -1.05. The molecule has 0 radical (unpaired) electrons. The van der Waals surface area contributed by atoms with E-state index >= 15 is 0 Å². The zero-order valence-corrected chi connectivity index (χ0v) is 16.9. The maximum absolute atomic E-state index is 13.4. The van der Waals surface area contributed by atoms with E-state index in [1.54, 1.807) is 0 Å². The molecular weight excluding hydrogens is 424 g/mol. The highest BCUT2D eigenvalue weighted by atomic mass is 32.1. The highest BCUT2D eigenvalue weighted by molar-refractivity contribution is 7.09. The van der Waals surface area contributed by atoms with Crippen LogP contribution in [0.25, 0.3) is 0 Å². The molecule has 1 fully saturated rings. The molecule has 0 bridgehead atoms. The molecule has 158 valence electrons. The summed E-state index contributed by atoms with van der Waals surface area (Å²) in [7, 11) is 0. The van der Waals surface area contributed by atoms with Gasteiger partial charge in [0.15, 0.2) is 0 Å². The summed E-state index contributed by atoms with van der Waals surface area (Å²) < 4.78 is 26.7. The average Bonchev–Trinajstić information content (AvgIpc) is 3.32. The standard InChI is InChI=1S/C22H17F2N3O3S/c23-14-6-8-17(9-7-14)27-21(29)19(26(22(27)30)13-18-5-2-10-31-18)12-20(28)25-16-4-1-3-15(24)11-16/h1-11,19H,12-13H2,(H,25,28). The second-order valence-electron chi connectivity index (χ2n) is 6.92. The van der Waals surface area contributed by atoms with Crippen LogP contribution in [0, 0.1) is 11.6 Å². The Labute approximate surface area is 180 Å². The fraction of sp³-hybridized carbons (Fsp3) is 0.136. The summed E-state index contributed by atoms with van der Waals surface area (Å²) in [6, 6.07) is 12.4. The van der Waals surface area contributed by atoms with Crippen LogP contribution in [0.3, 0.4) is 0 Å². The van der Waals surface area contributed by atoms with E-state index in [-0.39, 0.29) is 24.3 Å². The number of hydrogen-bond donors (Lipinski definition) is 1. The van der Waals surface area contributed by atoms with Crippen molar-refractivity contribution in [2.75, 3.05) is 10.2 Å². The van der Waals surface area contributed by atoms with Crippen LogP contribution < -0.4 is 10.2 Å². The van der Waals surface area contributed by atoms with Crippen molar-refractivity contribution in [1.82, 2.24) is 4.90 Å². The van der Waals surface area contributed by atoms with Gasteiger partial charge in [-0.1, -0.05) is 12.1 Å². The monoisotopic (exact) mass is 441 g/mol. The van der Waals surface area contributed by atoms with E-state index in [4.69, 9.17) is 0 Å². The van der Waals surface area contributed by atoms with E-state index in [1.807, 2.05) is 17.5 Å². The van der Waals surface area contributed by atoms with Gasteiger partial charge in [-0.15, -0.1) is 11.3 Å². The zero-order chi connectivity index (χ0) is 22.0. The predicted octanol–water partition coefficient (Wildman–Crippen LogP) is 4.39. The van der Waals surface area contributed by atoms with Crippen LogP contribution in [0.2, 0.25) is 0 Å². The Morgan fingerprint density at radius 1 is 1.00 bits per heavy atom. The quantitative estimate of drug-likeness (QED) is 0.577. The van der Waals surface area contributed by atoms with Gasteiger partial charge in [0.2, 0.25) is 5.91 Å². The van der Waals surface area contributed by atoms with Crippen LogP contribution in [-0.2, 0) is 16.1 Å². The topological polar surface area (TPSA) is 69.7 Å². The normalized spacial score (nSPS) is 16.1. The van der Waals surface area contributed by atoms with Gasteiger partial charge in [-0.25, -0.2) is 18.5 Å². The minimum absolute atomic E-state index is 0.151. The fourth-order valence-electron chi connectivity index (χ4n) is 3.37. The van der Waals surface area contributed by atoms with E-state index in [1.165, 1.54) is 46.6 Å². The predicted molar refractivity (Wildman–Crippen MR) is 113 cm³/mol. The smallest absolute Gasteiger partial charge is 0.326 e. The van der Waals surface area contributed by atoms with E-state index < -0.39 is 35.5 Å². The molecule has 1 atom stereocenters. The van der Waals surface area contributed by atoms with Crippen LogP contribution in [0.15, 0.2) is 66.0 Å². The third-order valence-corrected chi connectivity index (χ3v) is 5.66.